The second-order valence-corrected chi connectivity index (χ2v) is 8.68. The molecule has 0 spiro atoms. The molecule has 0 aromatic heterocycles. The summed E-state index contributed by atoms with van der Waals surface area (Å²) >= 11 is 4.62. The van der Waals surface area contributed by atoms with Crippen LogP contribution in [0.25, 0.3) is 0 Å². The number of thiol groups is 1. The van der Waals surface area contributed by atoms with Crippen molar-refractivity contribution in [2.45, 2.75) is 30.7 Å². The standard InChI is InChI=1S/C20H27N5O6S/c21-17(26)13-22-8-2-9-23(12-11-22)18(27)20(32)7-1-10-24(20)19(28)31-14-15-3-5-16(6-4-15)25(29)30/h3-6,32H,1-2,7-14H2,(H2,21,26). The molecule has 0 aliphatic carbocycles. The molecule has 2 fully saturated rings. The number of carbonyl (C=O) groups excluding carboxylic acids is 3. The smallest absolute Gasteiger partial charge is 0.411 e. The number of benzene rings is 1. The van der Waals surface area contributed by atoms with Gasteiger partial charge in [-0.15, -0.1) is 12.6 Å². The van der Waals surface area contributed by atoms with Crippen molar-refractivity contribution in [3.63, 3.8) is 0 Å². The molecule has 1 atom stereocenters. The molecular weight excluding hydrogens is 438 g/mol. The summed E-state index contributed by atoms with van der Waals surface area (Å²) in [5, 5.41) is 10.8. The lowest BCUT2D eigenvalue weighted by molar-refractivity contribution is -0.384. The van der Waals surface area contributed by atoms with Crippen molar-refractivity contribution in [2.24, 2.45) is 5.73 Å². The molecule has 2 saturated heterocycles. The predicted octanol–water partition coefficient (Wildman–Crippen LogP) is 0.973. The second-order valence-electron chi connectivity index (χ2n) is 7.94. The number of primary amides is 1. The van der Waals surface area contributed by atoms with Gasteiger partial charge in [0.05, 0.1) is 11.5 Å². The Bertz CT molecular complexity index is 882. The fraction of sp³-hybridized carbons (Fsp3) is 0.550. The molecule has 0 saturated carbocycles. The number of carbonyl (C=O) groups is 3. The van der Waals surface area contributed by atoms with Gasteiger partial charge in [-0.05, 0) is 37.0 Å². The number of nitro groups is 1. The SMILES string of the molecule is NC(=O)CN1CCCN(C(=O)C2(S)CCCN2C(=O)OCc2ccc([N+](=O)[O-])cc2)CC1. The maximum absolute atomic E-state index is 13.3. The van der Waals surface area contributed by atoms with E-state index in [1.54, 1.807) is 4.90 Å². The van der Waals surface area contributed by atoms with Crippen LogP contribution in [-0.4, -0.2) is 81.7 Å². The van der Waals surface area contributed by atoms with E-state index in [1.165, 1.54) is 29.2 Å². The van der Waals surface area contributed by atoms with Crippen LogP contribution in [0, 0.1) is 10.1 Å². The maximum Gasteiger partial charge on any atom is 0.411 e. The number of nitrogens with two attached hydrogens (primary N) is 1. The zero-order valence-corrected chi connectivity index (χ0v) is 18.5. The van der Waals surface area contributed by atoms with E-state index in [2.05, 4.69) is 12.6 Å². The molecule has 11 nitrogen and oxygen atoms in total. The Morgan fingerprint density at radius 1 is 1.09 bits per heavy atom. The first-order valence-electron chi connectivity index (χ1n) is 10.4. The number of non-ortho nitro benzene ring substituents is 1. The summed E-state index contributed by atoms with van der Waals surface area (Å²) in [5.41, 5.74) is 5.82. The van der Waals surface area contributed by atoms with Crippen LogP contribution >= 0.6 is 12.6 Å². The molecule has 1 aromatic carbocycles. The van der Waals surface area contributed by atoms with Crippen molar-refractivity contribution in [2.75, 3.05) is 39.3 Å². The molecule has 12 heteroatoms. The molecule has 3 amide bonds. The van der Waals surface area contributed by atoms with Gasteiger partial charge in [0.1, 0.15) is 6.61 Å². The van der Waals surface area contributed by atoms with E-state index in [9.17, 15) is 24.5 Å². The Kier molecular flexibility index (Phi) is 7.56. The third-order valence-corrected chi connectivity index (χ3v) is 6.34. The number of hydrogen-bond acceptors (Lipinski definition) is 8. The summed E-state index contributed by atoms with van der Waals surface area (Å²) in [5.74, 6) is -0.667. The van der Waals surface area contributed by atoms with Crippen LogP contribution in [0.4, 0.5) is 10.5 Å². The normalized spacial score (nSPS) is 21.8. The number of likely N-dealkylation sites (tertiary alicyclic amines) is 1. The lowest BCUT2D eigenvalue weighted by Crippen LogP contribution is -2.55. The molecule has 32 heavy (non-hydrogen) atoms. The molecular formula is C20H27N5O6S. The van der Waals surface area contributed by atoms with Crippen LogP contribution in [-0.2, 0) is 20.9 Å². The summed E-state index contributed by atoms with van der Waals surface area (Å²) in [6, 6.07) is 5.71. The van der Waals surface area contributed by atoms with Gasteiger partial charge in [-0.2, -0.15) is 0 Å². The van der Waals surface area contributed by atoms with Crippen LogP contribution in [0.5, 0.6) is 0 Å². The van der Waals surface area contributed by atoms with Crippen molar-refractivity contribution in [1.29, 1.82) is 0 Å². The summed E-state index contributed by atoms with van der Waals surface area (Å²) in [7, 11) is 0. The van der Waals surface area contributed by atoms with Crippen LogP contribution in [0.1, 0.15) is 24.8 Å². The van der Waals surface area contributed by atoms with Gasteiger partial charge in [0.25, 0.3) is 11.6 Å². The number of nitrogens with zero attached hydrogens (tertiary/aromatic N) is 4. The molecule has 174 valence electrons. The fourth-order valence-electron chi connectivity index (χ4n) is 4.01. The predicted molar refractivity (Wildman–Crippen MR) is 118 cm³/mol. The quantitative estimate of drug-likeness (QED) is 0.362. The number of nitro benzene ring substituents is 1. The van der Waals surface area contributed by atoms with E-state index in [4.69, 9.17) is 10.5 Å². The zero-order valence-electron chi connectivity index (χ0n) is 17.6. The van der Waals surface area contributed by atoms with E-state index >= 15 is 0 Å². The third-order valence-electron chi connectivity index (χ3n) is 5.68. The molecule has 2 heterocycles. The average Bonchev–Trinajstić information content (AvgIpc) is 3.01. The molecule has 2 N–H and O–H groups in total. The van der Waals surface area contributed by atoms with E-state index in [1.807, 2.05) is 4.90 Å². The highest BCUT2D eigenvalue weighted by molar-refractivity contribution is 7.82. The second kappa shape index (κ2) is 10.2. The Morgan fingerprint density at radius 2 is 1.81 bits per heavy atom. The topological polar surface area (TPSA) is 139 Å². The summed E-state index contributed by atoms with van der Waals surface area (Å²) < 4.78 is 5.37. The van der Waals surface area contributed by atoms with Crippen LogP contribution in [0.2, 0.25) is 0 Å². The maximum atomic E-state index is 13.3. The van der Waals surface area contributed by atoms with E-state index in [0.717, 1.165) is 0 Å². The lowest BCUT2D eigenvalue weighted by atomic mass is 10.1. The van der Waals surface area contributed by atoms with Crippen LogP contribution in [0.15, 0.2) is 24.3 Å². The number of hydrogen-bond donors (Lipinski definition) is 2. The van der Waals surface area contributed by atoms with Crippen LogP contribution < -0.4 is 5.73 Å². The van der Waals surface area contributed by atoms with E-state index in [0.29, 0.717) is 57.5 Å². The first-order valence-corrected chi connectivity index (χ1v) is 10.9. The monoisotopic (exact) mass is 465 g/mol. The van der Waals surface area contributed by atoms with Gasteiger partial charge in [-0.3, -0.25) is 29.5 Å². The molecule has 1 aromatic rings. The number of amides is 3. The summed E-state index contributed by atoms with van der Waals surface area (Å²) in [6.45, 7) is 2.51. The van der Waals surface area contributed by atoms with Crippen molar-refractivity contribution >= 4 is 36.2 Å². The minimum Gasteiger partial charge on any atom is -0.445 e. The molecule has 0 bridgehead atoms. The summed E-state index contributed by atoms with van der Waals surface area (Å²) in [6.07, 6.45) is 1.05. The van der Waals surface area contributed by atoms with Crippen molar-refractivity contribution in [3.05, 3.63) is 39.9 Å². The van der Waals surface area contributed by atoms with Gasteiger partial charge in [-0.25, -0.2) is 4.79 Å². The Balaban J connectivity index is 1.61. The van der Waals surface area contributed by atoms with Crippen molar-refractivity contribution in [1.82, 2.24) is 14.7 Å². The van der Waals surface area contributed by atoms with Gasteiger partial charge in [-0.1, -0.05) is 0 Å². The highest BCUT2D eigenvalue weighted by Gasteiger charge is 2.49. The Hall–Kier alpha value is -2.86. The van der Waals surface area contributed by atoms with Gasteiger partial charge in [0.2, 0.25) is 5.91 Å². The van der Waals surface area contributed by atoms with Gasteiger partial charge < -0.3 is 15.4 Å². The Morgan fingerprint density at radius 3 is 2.47 bits per heavy atom. The van der Waals surface area contributed by atoms with E-state index < -0.39 is 21.8 Å². The minimum atomic E-state index is -1.30. The van der Waals surface area contributed by atoms with Gasteiger partial charge >= 0.3 is 6.09 Å². The third kappa shape index (κ3) is 5.49. The number of rotatable bonds is 6. The zero-order chi connectivity index (χ0) is 23.3. The molecule has 0 radical (unpaired) electrons. The summed E-state index contributed by atoms with van der Waals surface area (Å²) in [4.78, 5) is 51.1. The molecule has 3 rings (SSSR count). The highest BCUT2D eigenvalue weighted by atomic mass is 32.1. The molecule has 1 unspecified atom stereocenters. The van der Waals surface area contributed by atoms with Crippen LogP contribution in [0.3, 0.4) is 0 Å². The van der Waals surface area contributed by atoms with Crippen molar-refractivity contribution < 1.29 is 24.0 Å². The molecule has 2 aliphatic rings. The first kappa shape index (κ1) is 23.8. The largest absolute Gasteiger partial charge is 0.445 e. The first-order chi connectivity index (χ1) is 15.2. The highest BCUT2D eigenvalue weighted by Crippen LogP contribution is 2.36. The fourth-order valence-corrected chi connectivity index (χ4v) is 4.49. The average molecular weight is 466 g/mol. The van der Waals surface area contributed by atoms with Crippen molar-refractivity contribution in [3.8, 4) is 0 Å². The van der Waals surface area contributed by atoms with E-state index in [-0.39, 0.29) is 24.7 Å². The molecule has 2 aliphatic heterocycles. The number of ether oxygens (including phenoxy) is 1. The lowest BCUT2D eigenvalue weighted by Gasteiger charge is -2.36. The van der Waals surface area contributed by atoms with Gasteiger partial charge in [0.15, 0.2) is 4.87 Å². The minimum absolute atomic E-state index is 0.0496. The Labute approximate surface area is 191 Å². The van der Waals surface area contributed by atoms with Gasteiger partial charge in [0, 0.05) is 44.9 Å².